The number of imidazole rings is 1. The molecular weight excluding hydrogens is 260 g/mol. The molecule has 0 spiro atoms. The normalized spacial score (nSPS) is 13.8. The molecule has 2 atom stereocenters. The van der Waals surface area contributed by atoms with Gasteiger partial charge in [0.05, 0.1) is 18.5 Å². The summed E-state index contributed by atoms with van der Waals surface area (Å²) in [6, 6.07) is 18.3. The van der Waals surface area contributed by atoms with Gasteiger partial charge in [0.25, 0.3) is 0 Å². The summed E-state index contributed by atoms with van der Waals surface area (Å²) in [5.41, 5.74) is 3.25. The summed E-state index contributed by atoms with van der Waals surface area (Å²) in [5, 5.41) is 10.5. The zero-order chi connectivity index (χ0) is 14.7. The van der Waals surface area contributed by atoms with Gasteiger partial charge < -0.3 is 9.67 Å². The number of benzene rings is 2. The van der Waals surface area contributed by atoms with Gasteiger partial charge in [0.15, 0.2) is 0 Å². The molecule has 0 aliphatic heterocycles. The fraction of sp³-hybridized carbons (Fsp3) is 0.167. The quantitative estimate of drug-likeness (QED) is 0.787. The van der Waals surface area contributed by atoms with Gasteiger partial charge in [-0.3, -0.25) is 0 Å². The van der Waals surface area contributed by atoms with Crippen LogP contribution in [-0.4, -0.2) is 14.7 Å². The van der Waals surface area contributed by atoms with Gasteiger partial charge in [0.1, 0.15) is 0 Å². The van der Waals surface area contributed by atoms with Crippen molar-refractivity contribution >= 4 is 0 Å². The second-order valence-corrected chi connectivity index (χ2v) is 5.18. The molecule has 1 aromatic heterocycles. The van der Waals surface area contributed by atoms with E-state index in [2.05, 4.69) is 29.2 Å². The van der Waals surface area contributed by atoms with Crippen LogP contribution in [0.2, 0.25) is 0 Å². The zero-order valence-electron chi connectivity index (χ0n) is 11.9. The summed E-state index contributed by atoms with van der Waals surface area (Å²) in [5.74, 6) is 0. The van der Waals surface area contributed by atoms with Gasteiger partial charge in [-0.25, -0.2) is 4.98 Å². The summed E-state index contributed by atoms with van der Waals surface area (Å²) in [7, 11) is 0. The lowest BCUT2D eigenvalue weighted by molar-refractivity contribution is 0.122. The van der Waals surface area contributed by atoms with E-state index in [1.807, 2.05) is 48.0 Å². The molecule has 1 heterocycles. The highest BCUT2D eigenvalue weighted by atomic mass is 16.3. The maximum absolute atomic E-state index is 10.5. The van der Waals surface area contributed by atoms with E-state index in [1.165, 1.54) is 5.56 Å². The fourth-order valence-corrected chi connectivity index (χ4v) is 2.46. The van der Waals surface area contributed by atoms with Crippen LogP contribution in [0.25, 0.3) is 11.1 Å². The number of nitrogens with zero attached hydrogens (tertiary/aromatic N) is 2. The van der Waals surface area contributed by atoms with Crippen LogP contribution in [0.4, 0.5) is 0 Å². The molecule has 3 heteroatoms. The lowest BCUT2D eigenvalue weighted by atomic mass is 9.99. The maximum atomic E-state index is 10.5. The molecule has 2 aromatic carbocycles. The van der Waals surface area contributed by atoms with E-state index >= 15 is 0 Å². The number of aliphatic hydroxyl groups excluding tert-OH is 1. The molecule has 3 rings (SSSR count). The number of hydrogen-bond donors (Lipinski definition) is 1. The molecule has 1 N–H and O–H groups in total. The van der Waals surface area contributed by atoms with Gasteiger partial charge in [0, 0.05) is 12.4 Å². The molecule has 0 fully saturated rings. The minimum absolute atomic E-state index is 0.0462. The standard InChI is InChI=1S/C18H18N2O/c1-14(20-12-11-19-13-20)18(21)17-9-7-16(8-10-17)15-5-3-2-4-6-15/h2-14,18,21H,1H3/t14-,18+/m1/s1. The van der Waals surface area contributed by atoms with Gasteiger partial charge in [0.2, 0.25) is 0 Å². The maximum Gasteiger partial charge on any atom is 0.0994 e. The molecular formula is C18H18N2O. The Morgan fingerprint density at radius 3 is 2.24 bits per heavy atom. The molecule has 0 aliphatic carbocycles. The Morgan fingerprint density at radius 2 is 1.62 bits per heavy atom. The van der Waals surface area contributed by atoms with E-state index < -0.39 is 6.10 Å². The van der Waals surface area contributed by atoms with Crippen molar-refractivity contribution < 1.29 is 5.11 Å². The van der Waals surface area contributed by atoms with Crippen LogP contribution >= 0.6 is 0 Å². The minimum Gasteiger partial charge on any atom is -0.386 e. The van der Waals surface area contributed by atoms with Crippen LogP contribution in [-0.2, 0) is 0 Å². The molecule has 3 nitrogen and oxygen atoms in total. The van der Waals surface area contributed by atoms with E-state index in [9.17, 15) is 5.11 Å². The Balaban J connectivity index is 1.81. The van der Waals surface area contributed by atoms with Crippen LogP contribution in [0.15, 0.2) is 73.3 Å². The second kappa shape index (κ2) is 5.94. The van der Waals surface area contributed by atoms with Gasteiger partial charge in [-0.15, -0.1) is 0 Å². The summed E-state index contributed by atoms with van der Waals surface area (Å²) in [6.07, 6.45) is 4.77. The summed E-state index contributed by atoms with van der Waals surface area (Å²) in [4.78, 5) is 4.02. The lowest BCUT2D eigenvalue weighted by Crippen LogP contribution is -2.13. The third-order valence-corrected chi connectivity index (χ3v) is 3.81. The van der Waals surface area contributed by atoms with E-state index in [1.54, 1.807) is 12.5 Å². The smallest absolute Gasteiger partial charge is 0.0994 e. The van der Waals surface area contributed by atoms with Crippen molar-refractivity contribution in [3.05, 3.63) is 78.9 Å². The molecule has 0 bridgehead atoms. The molecule has 3 aromatic rings. The van der Waals surface area contributed by atoms with Crippen molar-refractivity contribution in [2.24, 2.45) is 0 Å². The predicted octanol–water partition coefficient (Wildman–Crippen LogP) is 3.84. The SMILES string of the molecule is C[C@H]([C@H](O)c1ccc(-c2ccccc2)cc1)n1ccnc1. The van der Waals surface area contributed by atoms with E-state index in [4.69, 9.17) is 0 Å². The third kappa shape index (κ3) is 2.88. The van der Waals surface area contributed by atoms with Crippen molar-refractivity contribution in [1.82, 2.24) is 9.55 Å². The lowest BCUT2D eigenvalue weighted by Gasteiger charge is -2.20. The highest BCUT2D eigenvalue weighted by Crippen LogP contribution is 2.28. The second-order valence-electron chi connectivity index (χ2n) is 5.18. The molecule has 0 amide bonds. The molecule has 0 saturated heterocycles. The Hall–Kier alpha value is -2.39. The predicted molar refractivity (Wildman–Crippen MR) is 83.8 cm³/mol. The van der Waals surface area contributed by atoms with Crippen LogP contribution in [0, 0.1) is 0 Å². The van der Waals surface area contributed by atoms with Crippen molar-refractivity contribution in [2.75, 3.05) is 0 Å². The highest BCUT2D eigenvalue weighted by molar-refractivity contribution is 5.63. The van der Waals surface area contributed by atoms with Gasteiger partial charge in [-0.1, -0.05) is 54.6 Å². The highest BCUT2D eigenvalue weighted by Gasteiger charge is 2.17. The molecule has 0 radical (unpaired) electrons. The number of hydrogen-bond acceptors (Lipinski definition) is 2. The first kappa shape index (κ1) is 13.6. The van der Waals surface area contributed by atoms with Crippen molar-refractivity contribution in [3.8, 4) is 11.1 Å². The Bertz CT molecular complexity index is 675. The van der Waals surface area contributed by atoms with Crippen LogP contribution in [0.1, 0.15) is 24.6 Å². The molecule has 0 aliphatic rings. The van der Waals surface area contributed by atoms with E-state index in [-0.39, 0.29) is 6.04 Å². The molecule has 106 valence electrons. The zero-order valence-corrected chi connectivity index (χ0v) is 11.9. The van der Waals surface area contributed by atoms with Crippen molar-refractivity contribution in [3.63, 3.8) is 0 Å². The van der Waals surface area contributed by atoms with Gasteiger partial charge >= 0.3 is 0 Å². The largest absolute Gasteiger partial charge is 0.386 e. The van der Waals surface area contributed by atoms with Crippen LogP contribution < -0.4 is 0 Å². The summed E-state index contributed by atoms with van der Waals surface area (Å²) >= 11 is 0. The number of aliphatic hydroxyl groups is 1. The Kier molecular flexibility index (Phi) is 3.84. The first-order valence-electron chi connectivity index (χ1n) is 7.06. The van der Waals surface area contributed by atoms with Crippen LogP contribution in [0.5, 0.6) is 0 Å². The first-order valence-corrected chi connectivity index (χ1v) is 7.06. The van der Waals surface area contributed by atoms with Gasteiger partial charge in [-0.05, 0) is 23.6 Å². The minimum atomic E-state index is -0.552. The molecule has 21 heavy (non-hydrogen) atoms. The molecule has 0 saturated carbocycles. The first-order chi connectivity index (χ1) is 10.3. The van der Waals surface area contributed by atoms with E-state index in [0.717, 1.165) is 11.1 Å². The third-order valence-electron chi connectivity index (χ3n) is 3.81. The Labute approximate surface area is 124 Å². The average molecular weight is 278 g/mol. The van der Waals surface area contributed by atoms with Crippen molar-refractivity contribution in [1.29, 1.82) is 0 Å². The van der Waals surface area contributed by atoms with E-state index in [0.29, 0.717) is 0 Å². The molecule has 0 unspecified atom stereocenters. The summed E-state index contributed by atoms with van der Waals surface area (Å²) < 4.78 is 1.91. The van der Waals surface area contributed by atoms with Crippen LogP contribution in [0.3, 0.4) is 0 Å². The average Bonchev–Trinajstić information content (AvgIpc) is 3.09. The Morgan fingerprint density at radius 1 is 0.952 bits per heavy atom. The van der Waals surface area contributed by atoms with Crippen molar-refractivity contribution in [2.45, 2.75) is 19.1 Å². The monoisotopic (exact) mass is 278 g/mol. The fourth-order valence-electron chi connectivity index (χ4n) is 2.46. The number of aromatic nitrogens is 2. The summed E-state index contributed by atoms with van der Waals surface area (Å²) in [6.45, 7) is 1.98. The topological polar surface area (TPSA) is 38.0 Å². The number of rotatable bonds is 4. The van der Waals surface area contributed by atoms with Gasteiger partial charge in [-0.2, -0.15) is 0 Å².